The molecule has 2 heteroatoms. The zero-order valence-corrected chi connectivity index (χ0v) is 8.84. The highest BCUT2D eigenvalue weighted by Crippen LogP contribution is 2.39. The van der Waals surface area contributed by atoms with Gasteiger partial charge in [-0.3, -0.25) is 4.79 Å². The van der Waals surface area contributed by atoms with Gasteiger partial charge in [-0.2, -0.15) is 0 Å². The molecule has 0 saturated heterocycles. The van der Waals surface area contributed by atoms with Gasteiger partial charge in [0.15, 0.2) is 0 Å². The molecule has 2 nitrogen and oxygen atoms in total. The van der Waals surface area contributed by atoms with E-state index in [4.69, 9.17) is 0 Å². The molecule has 2 rings (SSSR count). The van der Waals surface area contributed by atoms with Crippen molar-refractivity contribution in [3.8, 4) is 0 Å². The summed E-state index contributed by atoms with van der Waals surface area (Å²) in [6.45, 7) is 6.06. The Morgan fingerprint density at radius 2 is 1.46 bits per heavy atom. The predicted octanol–water partition coefficient (Wildman–Crippen LogP) is 2.19. The van der Waals surface area contributed by atoms with E-state index in [1.54, 1.807) is 0 Å². The second-order valence-corrected chi connectivity index (χ2v) is 5.42. The van der Waals surface area contributed by atoms with Crippen LogP contribution in [0.4, 0.5) is 0 Å². The monoisotopic (exact) mass is 181 g/mol. The highest BCUT2D eigenvalue weighted by molar-refractivity contribution is 5.82. The Bertz CT molecular complexity index is 209. The first kappa shape index (κ1) is 9.04. The molecule has 0 N–H and O–H groups in total. The van der Waals surface area contributed by atoms with E-state index < -0.39 is 0 Å². The second-order valence-electron chi connectivity index (χ2n) is 5.42. The summed E-state index contributed by atoms with van der Waals surface area (Å²) in [4.78, 5) is 14.2. The predicted molar refractivity (Wildman–Crippen MR) is 52.3 cm³/mol. The van der Waals surface area contributed by atoms with E-state index >= 15 is 0 Å². The molecule has 2 aliphatic carbocycles. The van der Waals surface area contributed by atoms with Crippen LogP contribution in [-0.2, 0) is 4.79 Å². The first-order valence-corrected chi connectivity index (χ1v) is 5.33. The van der Waals surface area contributed by atoms with Gasteiger partial charge in [-0.15, -0.1) is 0 Å². The Hall–Kier alpha value is -0.530. The highest BCUT2D eigenvalue weighted by Gasteiger charge is 2.44. The van der Waals surface area contributed by atoms with Crippen molar-refractivity contribution in [2.24, 2.45) is 5.41 Å². The molecule has 2 fully saturated rings. The highest BCUT2D eigenvalue weighted by atomic mass is 16.2. The maximum absolute atomic E-state index is 12.1. The molecule has 0 bridgehead atoms. The summed E-state index contributed by atoms with van der Waals surface area (Å²) in [6.07, 6.45) is 4.94. The Morgan fingerprint density at radius 3 is 1.69 bits per heavy atom. The maximum atomic E-state index is 12.1. The lowest BCUT2D eigenvalue weighted by atomic mass is 9.94. The lowest BCUT2D eigenvalue weighted by Crippen LogP contribution is -2.42. The molecule has 2 aliphatic rings. The fraction of sp³-hybridized carbons (Fsp3) is 0.909. The standard InChI is InChI=1S/C11H19NO/c1-11(2,3)10(13)12(8-4-5-8)9-6-7-9/h8-9H,4-7H2,1-3H3. The van der Waals surface area contributed by atoms with Gasteiger partial charge >= 0.3 is 0 Å². The van der Waals surface area contributed by atoms with Crippen molar-refractivity contribution < 1.29 is 4.79 Å². The van der Waals surface area contributed by atoms with Crippen LogP contribution in [0, 0.1) is 5.41 Å². The molecule has 0 spiro atoms. The van der Waals surface area contributed by atoms with Gasteiger partial charge in [0.25, 0.3) is 0 Å². The van der Waals surface area contributed by atoms with Crippen molar-refractivity contribution in [3.63, 3.8) is 0 Å². The largest absolute Gasteiger partial charge is 0.336 e. The smallest absolute Gasteiger partial charge is 0.228 e. The van der Waals surface area contributed by atoms with Gasteiger partial charge in [-0.25, -0.2) is 0 Å². The molecule has 2 saturated carbocycles. The lowest BCUT2D eigenvalue weighted by Gasteiger charge is -2.29. The first-order chi connectivity index (χ1) is 6.00. The van der Waals surface area contributed by atoms with Crippen LogP contribution in [0.25, 0.3) is 0 Å². The van der Waals surface area contributed by atoms with E-state index in [0.29, 0.717) is 18.0 Å². The van der Waals surface area contributed by atoms with Gasteiger partial charge < -0.3 is 4.90 Å². The van der Waals surface area contributed by atoms with Crippen molar-refractivity contribution in [2.75, 3.05) is 0 Å². The third-order valence-corrected chi connectivity index (χ3v) is 2.76. The maximum Gasteiger partial charge on any atom is 0.228 e. The van der Waals surface area contributed by atoms with Gasteiger partial charge in [0, 0.05) is 17.5 Å². The molecule has 0 radical (unpaired) electrons. The fourth-order valence-corrected chi connectivity index (χ4v) is 1.72. The number of nitrogens with zero attached hydrogens (tertiary/aromatic N) is 1. The van der Waals surface area contributed by atoms with Crippen molar-refractivity contribution in [2.45, 2.75) is 58.5 Å². The number of carbonyl (C=O) groups is 1. The molecule has 13 heavy (non-hydrogen) atoms. The van der Waals surface area contributed by atoms with E-state index in [1.165, 1.54) is 25.7 Å². The third-order valence-electron chi connectivity index (χ3n) is 2.76. The van der Waals surface area contributed by atoms with Crippen LogP contribution in [0.5, 0.6) is 0 Å². The molecule has 0 atom stereocenters. The van der Waals surface area contributed by atoms with Crippen molar-refractivity contribution in [3.05, 3.63) is 0 Å². The minimum absolute atomic E-state index is 0.189. The van der Waals surface area contributed by atoms with Crippen LogP contribution in [-0.4, -0.2) is 22.9 Å². The topological polar surface area (TPSA) is 20.3 Å². The SMILES string of the molecule is CC(C)(C)C(=O)N(C1CC1)C1CC1. The number of hydrogen-bond acceptors (Lipinski definition) is 1. The quantitative estimate of drug-likeness (QED) is 0.639. The first-order valence-electron chi connectivity index (χ1n) is 5.33. The molecule has 74 valence electrons. The van der Waals surface area contributed by atoms with Gasteiger partial charge in [0.05, 0.1) is 0 Å². The van der Waals surface area contributed by atoms with E-state index in [2.05, 4.69) is 4.90 Å². The van der Waals surface area contributed by atoms with Crippen molar-refractivity contribution in [1.29, 1.82) is 0 Å². The Balaban J connectivity index is 2.06. The molecule has 0 unspecified atom stereocenters. The Labute approximate surface area is 80.3 Å². The van der Waals surface area contributed by atoms with Crippen LogP contribution < -0.4 is 0 Å². The summed E-state index contributed by atoms with van der Waals surface area (Å²) in [5, 5.41) is 0. The molecule has 0 aromatic heterocycles. The summed E-state index contributed by atoms with van der Waals surface area (Å²) in [7, 11) is 0. The molecule has 1 amide bonds. The minimum Gasteiger partial charge on any atom is -0.336 e. The summed E-state index contributed by atoms with van der Waals surface area (Å²) < 4.78 is 0. The average Bonchev–Trinajstić information content (AvgIpc) is 2.79. The van der Waals surface area contributed by atoms with Crippen LogP contribution in [0.2, 0.25) is 0 Å². The van der Waals surface area contributed by atoms with Crippen LogP contribution in [0.15, 0.2) is 0 Å². The van der Waals surface area contributed by atoms with Gasteiger partial charge in [-0.1, -0.05) is 20.8 Å². The van der Waals surface area contributed by atoms with Crippen LogP contribution >= 0.6 is 0 Å². The summed E-state index contributed by atoms with van der Waals surface area (Å²) in [5.74, 6) is 0.359. The van der Waals surface area contributed by atoms with E-state index in [1.807, 2.05) is 20.8 Å². The van der Waals surface area contributed by atoms with Crippen molar-refractivity contribution in [1.82, 2.24) is 4.90 Å². The Kier molecular flexibility index (Phi) is 1.90. The lowest BCUT2D eigenvalue weighted by molar-refractivity contribution is -0.140. The number of hydrogen-bond donors (Lipinski definition) is 0. The molecule has 0 heterocycles. The summed E-state index contributed by atoms with van der Waals surface area (Å²) >= 11 is 0. The van der Waals surface area contributed by atoms with Crippen LogP contribution in [0.1, 0.15) is 46.5 Å². The molecule has 0 aliphatic heterocycles. The van der Waals surface area contributed by atoms with E-state index in [0.717, 1.165) is 0 Å². The molecule has 0 aromatic rings. The Morgan fingerprint density at radius 1 is 1.08 bits per heavy atom. The molecular formula is C11H19NO. The zero-order chi connectivity index (χ0) is 9.64. The molecule has 0 aromatic carbocycles. The average molecular weight is 181 g/mol. The fourth-order valence-electron chi connectivity index (χ4n) is 1.72. The third kappa shape index (κ3) is 1.87. The van der Waals surface area contributed by atoms with E-state index in [9.17, 15) is 4.79 Å². The number of carbonyl (C=O) groups excluding carboxylic acids is 1. The number of rotatable bonds is 2. The normalized spacial score (nSPS) is 23.0. The summed E-state index contributed by atoms with van der Waals surface area (Å²) in [6, 6.07) is 1.19. The number of amides is 1. The van der Waals surface area contributed by atoms with Gasteiger partial charge in [0.2, 0.25) is 5.91 Å². The minimum atomic E-state index is -0.189. The van der Waals surface area contributed by atoms with Gasteiger partial charge in [-0.05, 0) is 25.7 Å². The zero-order valence-electron chi connectivity index (χ0n) is 8.84. The van der Waals surface area contributed by atoms with Crippen LogP contribution in [0.3, 0.4) is 0 Å². The summed E-state index contributed by atoms with van der Waals surface area (Å²) in [5.41, 5.74) is -0.189. The second kappa shape index (κ2) is 2.73. The molecular weight excluding hydrogens is 162 g/mol. The van der Waals surface area contributed by atoms with E-state index in [-0.39, 0.29) is 5.41 Å². The van der Waals surface area contributed by atoms with Crippen molar-refractivity contribution >= 4 is 5.91 Å². The van der Waals surface area contributed by atoms with Gasteiger partial charge in [0.1, 0.15) is 0 Å².